The van der Waals surface area contributed by atoms with Crippen LogP contribution in [0.25, 0.3) is 16.0 Å². The van der Waals surface area contributed by atoms with E-state index in [0.29, 0.717) is 16.3 Å². The van der Waals surface area contributed by atoms with Crippen molar-refractivity contribution in [3.8, 4) is 5.75 Å². The van der Waals surface area contributed by atoms with E-state index in [1.165, 1.54) is 28.4 Å². The van der Waals surface area contributed by atoms with Crippen molar-refractivity contribution >= 4 is 44.1 Å². The summed E-state index contributed by atoms with van der Waals surface area (Å²) in [6.07, 6.45) is 0. The number of amides is 1. The van der Waals surface area contributed by atoms with Crippen LogP contribution in [0.2, 0.25) is 0 Å². The zero-order valence-corrected chi connectivity index (χ0v) is 18.8. The third-order valence-electron chi connectivity index (χ3n) is 5.69. The van der Waals surface area contributed by atoms with Crippen LogP contribution >= 0.6 is 11.3 Å². The van der Waals surface area contributed by atoms with E-state index in [0.717, 1.165) is 21.3 Å². The number of aromatic nitrogens is 1. The van der Waals surface area contributed by atoms with Gasteiger partial charge >= 0.3 is 5.91 Å². The number of aliphatic hydroxyl groups is 1. The number of aliphatic hydroxyl groups excluding tert-OH is 1. The van der Waals surface area contributed by atoms with E-state index in [-0.39, 0.29) is 17.1 Å². The van der Waals surface area contributed by atoms with Crippen molar-refractivity contribution in [3.05, 3.63) is 94.6 Å². The van der Waals surface area contributed by atoms with Gasteiger partial charge in [0.1, 0.15) is 11.5 Å². The van der Waals surface area contributed by atoms with E-state index in [9.17, 15) is 19.8 Å². The van der Waals surface area contributed by atoms with Crippen molar-refractivity contribution in [3.63, 3.8) is 0 Å². The number of thiazole rings is 1. The number of Topliss-reactive ketones (excluding diaryl/α,β-unsaturated/α-hetero) is 1. The predicted molar refractivity (Wildman–Crippen MR) is 128 cm³/mol. The molecule has 1 aromatic heterocycles. The van der Waals surface area contributed by atoms with Gasteiger partial charge in [-0.2, -0.15) is 0 Å². The fraction of sp³-hybridized carbons (Fsp3) is 0.115. The lowest BCUT2D eigenvalue weighted by atomic mass is 9.95. The van der Waals surface area contributed by atoms with Crippen LogP contribution in [0.5, 0.6) is 5.75 Å². The van der Waals surface area contributed by atoms with Gasteiger partial charge in [-0.05, 0) is 49.2 Å². The first-order valence-electron chi connectivity index (χ1n) is 10.4. The lowest BCUT2D eigenvalue weighted by Crippen LogP contribution is -2.29. The molecule has 1 aliphatic rings. The van der Waals surface area contributed by atoms with Gasteiger partial charge in [0.05, 0.1) is 21.8 Å². The zero-order valence-electron chi connectivity index (χ0n) is 17.9. The average molecular weight is 457 g/mol. The highest BCUT2D eigenvalue weighted by Gasteiger charge is 2.48. The summed E-state index contributed by atoms with van der Waals surface area (Å²) in [5.74, 6) is -1.83. The molecule has 0 aliphatic carbocycles. The monoisotopic (exact) mass is 456 g/mol. The fourth-order valence-electron chi connectivity index (χ4n) is 4.03. The molecule has 33 heavy (non-hydrogen) atoms. The molecule has 5 rings (SSSR count). The van der Waals surface area contributed by atoms with Crippen molar-refractivity contribution in [2.45, 2.75) is 19.9 Å². The van der Waals surface area contributed by atoms with E-state index >= 15 is 0 Å². The fourth-order valence-corrected chi connectivity index (χ4v) is 5.12. The Balaban J connectivity index is 1.74. The van der Waals surface area contributed by atoms with Gasteiger partial charge in [0.15, 0.2) is 5.13 Å². The number of benzene rings is 3. The van der Waals surface area contributed by atoms with Crippen LogP contribution in [0.15, 0.2) is 72.3 Å². The number of fused-ring (bicyclic) bond motifs is 1. The molecule has 0 bridgehead atoms. The number of phenols is 1. The molecule has 6 nitrogen and oxygen atoms in total. The van der Waals surface area contributed by atoms with Crippen LogP contribution in [0, 0.1) is 13.8 Å². The molecule has 1 amide bonds. The third-order valence-corrected chi connectivity index (χ3v) is 6.71. The summed E-state index contributed by atoms with van der Waals surface area (Å²) >= 11 is 1.30. The molecule has 1 aliphatic heterocycles. The first kappa shape index (κ1) is 20.9. The first-order valence-corrected chi connectivity index (χ1v) is 11.2. The molecule has 1 fully saturated rings. The topological polar surface area (TPSA) is 90.7 Å². The largest absolute Gasteiger partial charge is 0.508 e. The number of aryl methyl sites for hydroxylation is 2. The third kappa shape index (κ3) is 3.56. The second kappa shape index (κ2) is 7.86. The van der Waals surface area contributed by atoms with E-state index in [4.69, 9.17) is 0 Å². The maximum Gasteiger partial charge on any atom is 0.301 e. The Morgan fingerprint density at radius 1 is 0.970 bits per heavy atom. The molecule has 0 saturated carbocycles. The zero-order chi connectivity index (χ0) is 23.3. The minimum Gasteiger partial charge on any atom is -0.508 e. The number of nitrogens with zero attached hydrogens (tertiary/aromatic N) is 2. The van der Waals surface area contributed by atoms with Crippen molar-refractivity contribution < 1.29 is 19.8 Å². The quantitative estimate of drug-likeness (QED) is 0.250. The summed E-state index contributed by atoms with van der Waals surface area (Å²) in [6.45, 7) is 3.89. The summed E-state index contributed by atoms with van der Waals surface area (Å²) in [6, 6.07) is 18.3. The number of aromatic hydroxyl groups is 1. The Morgan fingerprint density at radius 2 is 1.70 bits per heavy atom. The molecular formula is C26H20N2O4S. The van der Waals surface area contributed by atoms with E-state index in [1.54, 1.807) is 24.3 Å². The average Bonchev–Trinajstić information content (AvgIpc) is 3.32. The predicted octanol–water partition coefficient (Wildman–Crippen LogP) is 5.25. The van der Waals surface area contributed by atoms with Crippen LogP contribution in [0.4, 0.5) is 5.13 Å². The van der Waals surface area contributed by atoms with Crippen molar-refractivity contribution in [1.82, 2.24) is 4.98 Å². The number of rotatable bonds is 3. The van der Waals surface area contributed by atoms with E-state index < -0.39 is 17.7 Å². The van der Waals surface area contributed by atoms with Gasteiger partial charge in [0.25, 0.3) is 5.78 Å². The van der Waals surface area contributed by atoms with Crippen LogP contribution in [0.3, 0.4) is 0 Å². The number of hydrogen-bond acceptors (Lipinski definition) is 6. The highest BCUT2D eigenvalue weighted by molar-refractivity contribution is 7.22. The highest BCUT2D eigenvalue weighted by Crippen LogP contribution is 2.44. The number of hydrogen-bond donors (Lipinski definition) is 2. The number of anilines is 1. The molecule has 4 aromatic rings. The Hall–Kier alpha value is -3.97. The van der Waals surface area contributed by atoms with Crippen molar-refractivity contribution in [1.29, 1.82) is 0 Å². The van der Waals surface area contributed by atoms with Gasteiger partial charge in [0, 0.05) is 5.56 Å². The SMILES string of the molecule is Cc1ccc(C(O)=C2C(=O)C(=O)N(c3nc4ccc(C)cc4s3)C2c2cccc(O)c2)cc1. The molecular weight excluding hydrogens is 436 g/mol. The van der Waals surface area contributed by atoms with Gasteiger partial charge < -0.3 is 10.2 Å². The van der Waals surface area contributed by atoms with Crippen molar-refractivity contribution in [2.24, 2.45) is 0 Å². The lowest BCUT2D eigenvalue weighted by Gasteiger charge is -2.23. The van der Waals surface area contributed by atoms with Gasteiger partial charge in [-0.1, -0.05) is 59.4 Å². The molecule has 2 N–H and O–H groups in total. The van der Waals surface area contributed by atoms with Gasteiger partial charge in [-0.25, -0.2) is 4.98 Å². The smallest absolute Gasteiger partial charge is 0.301 e. The molecule has 164 valence electrons. The van der Waals surface area contributed by atoms with Gasteiger partial charge in [-0.3, -0.25) is 14.5 Å². The summed E-state index contributed by atoms with van der Waals surface area (Å²) < 4.78 is 0.889. The maximum absolute atomic E-state index is 13.3. The number of carbonyl (C=O) groups excluding carboxylic acids is 2. The minimum absolute atomic E-state index is 0.00616. The molecule has 3 aromatic carbocycles. The van der Waals surface area contributed by atoms with E-state index in [2.05, 4.69) is 4.98 Å². The Morgan fingerprint density at radius 3 is 2.42 bits per heavy atom. The minimum atomic E-state index is -0.930. The number of phenolic OH excluding ortho intramolecular Hbond substituents is 1. The van der Waals surface area contributed by atoms with Gasteiger partial charge in [0.2, 0.25) is 0 Å². The second-order valence-electron chi connectivity index (χ2n) is 8.10. The summed E-state index contributed by atoms with van der Waals surface area (Å²) in [7, 11) is 0. The maximum atomic E-state index is 13.3. The summed E-state index contributed by atoms with van der Waals surface area (Å²) in [5.41, 5.74) is 3.67. The Labute approximate surface area is 194 Å². The molecule has 2 heterocycles. The molecule has 7 heteroatoms. The summed E-state index contributed by atoms with van der Waals surface area (Å²) in [5, 5.41) is 21.6. The van der Waals surface area contributed by atoms with Gasteiger partial charge in [-0.15, -0.1) is 0 Å². The molecule has 1 saturated heterocycles. The number of carbonyl (C=O) groups is 2. The van der Waals surface area contributed by atoms with Crippen LogP contribution < -0.4 is 4.90 Å². The lowest BCUT2D eigenvalue weighted by molar-refractivity contribution is -0.132. The highest BCUT2D eigenvalue weighted by atomic mass is 32.1. The Kier molecular flexibility index (Phi) is 4.98. The second-order valence-corrected chi connectivity index (χ2v) is 9.11. The number of ketones is 1. The van der Waals surface area contributed by atoms with Crippen LogP contribution in [-0.2, 0) is 9.59 Å². The van der Waals surface area contributed by atoms with Crippen molar-refractivity contribution in [2.75, 3.05) is 4.90 Å². The summed E-state index contributed by atoms with van der Waals surface area (Å²) in [4.78, 5) is 32.4. The Bertz CT molecular complexity index is 1450. The molecule has 1 unspecified atom stereocenters. The van der Waals surface area contributed by atoms with E-state index in [1.807, 2.05) is 44.2 Å². The molecule has 0 spiro atoms. The molecule has 0 radical (unpaired) electrons. The molecule has 1 atom stereocenters. The normalized spacial score (nSPS) is 17.8. The first-order chi connectivity index (χ1) is 15.8. The standard InChI is InChI=1S/C26H20N2O4S/c1-14-6-9-16(10-7-14)23(30)21-22(17-4-3-5-18(29)13-17)28(25(32)24(21)31)26-27-19-11-8-15(2)12-20(19)33-26/h3-13,22,29-30H,1-2H3. The van der Waals surface area contributed by atoms with Crippen LogP contribution in [-0.4, -0.2) is 26.9 Å². The van der Waals surface area contributed by atoms with Crippen LogP contribution in [0.1, 0.15) is 28.3 Å².